The molecule has 6 unspecified atom stereocenters. The molecule has 2 saturated carbocycles. The van der Waals surface area contributed by atoms with E-state index >= 15 is 0 Å². The Hall–Kier alpha value is -2.12. The summed E-state index contributed by atoms with van der Waals surface area (Å²) >= 11 is 0. The first-order valence-electron chi connectivity index (χ1n) is 11.1. The van der Waals surface area contributed by atoms with Gasteiger partial charge in [-0.25, -0.2) is 0 Å². The number of hydrogen-bond acceptors (Lipinski definition) is 6. The van der Waals surface area contributed by atoms with Gasteiger partial charge in [-0.3, -0.25) is 0 Å². The predicted molar refractivity (Wildman–Crippen MR) is 120 cm³/mol. The molecule has 6 N–H and O–H groups in total. The highest BCUT2D eigenvalue weighted by Gasteiger charge is 2.32. The van der Waals surface area contributed by atoms with Gasteiger partial charge >= 0.3 is 0 Å². The molecule has 0 amide bonds. The lowest BCUT2D eigenvalue weighted by molar-refractivity contribution is -0.0444. The second-order valence-corrected chi connectivity index (χ2v) is 8.53. The van der Waals surface area contributed by atoms with E-state index in [0.29, 0.717) is 49.0 Å². The standard InChI is InChI=1S/C13H24O4.2C6H6O/c14-10-3-1-8(6-12(10)16)5-9-2-4-11(15)13(17)7-9;2*7-6-4-2-1-3-5-6/h8-17H,1-7H2;2*1-5,7H. The molecule has 6 heteroatoms. The number of phenolic OH excluding ortho intramolecular Hbond substituents is 2. The highest BCUT2D eigenvalue weighted by Crippen LogP contribution is 2.35. The molecule has 31 heavy (non-hydrogen) atoms. The van der Waals surface area contributed by atoms with E-state index in [9.17, 15) is 20.4 Å². The monoisotopic (exact) mass is 432 g/mol. The molecule has 6 nitrogen and oxygen atoms in total. The van der Waals surface area contributed by atoms with Crippen LogP contribution in [0, 0.1) is 11.8 Å². The quantitative estimate of drug-likeness (QED) is 0.433. The summed E-state index contributed by atoms with van der Waals surface area (Å²) in [6.07, 6.45) is 3.41. The van der Waals surface area contributed by atoms with Gasteiger partial charge in [0.2, 0.25) is 0 Å². The Morgan fingerprint density at radius 2 is 0.871 bits per heavy atom. The van der Waals surface area contributed by atoms with Crippen molar-refractivity contribution in [1.29, 1.82) is 0 Å². The van der Waals surface area contributed by atoms with Crippen LogP contribution in [0.2, 0.25) is 0 Å². The van der Waals surface area contributed by atoms with Gasteiger partial charge in [-0.2, -0.15) is 0 Å². The topological polar surface area (TPSA) is 121 Å². The summed E-state index contributed by atoms with van der Waals surface area (Å²) in [7, 11) is 0. The minimum absolute atomic E-state index is 0.322. The lowest BCUT2D eigenvalue weighted by Gasteiger charge is -2.35. The molecule has 0 radical (unpaired) electrons. The molecule has 0 spiro atoms. The van der Waals surface area contributed by atoms with E-state index in [0.717, 1.165) is 19.3 Å². The maximum atomic E-state index is 9.63. The van der Waals surface area contributed by atoms with Crippen LogP contribution < -0.4 is 0 Å². The number of para-hydroxylation sites is 2. The van der Waals surface area contributed by atoms with E-state index in [4.69, 9.17) is 10.2 Å². The van der Waals surface area contributed by atoms with Crippen molar-refractivity contribution in [2.24, 2.45) is 11.8 Å². The van der Waals surface area contributed by atoms with Crippen LogP contribution in [0.25, 0.3) is 0 Å². The van der Waals surface area contributed by atoms with Crippen molar-refractivity contribution in [2.45, 2.75) is 69.4 Å². The van der Waals surface area contributed by atoms with E-state index in [1.54, 1.807) is 48.5 Å². The van der Waals surface area contributed by atoms with E-state index in [-0.39, 0.29) is 0 Å². The summed E-state index contributed by atoms with van der Waals surface area (Å²) < 4.78 is 0. The highest BCUT2D eigenvalue weighted by molar-refractivity contribution is 5.19. The highest BCUT2D eigenvalue weighted by atomic mass is 16.3. The van der Waals surface area contributed by atoms with Gasteiger partial charge in [0.05, 0.1) is 24.4 Å². The maximum Gasteiger partial charge on any atom is 0.115 e. The van der Waals surface area contributed by atoms with E-state index in [2.05, 4.69) is 0 Å². The van der Waals surface area contributed by atoms with Crippen molar-refractivity contribution in [3.8, 4) is 11.5 Å². The van der Waals surface area contributed by atoms with Crippen molar-refractivity contribution in [2.75, 3.05) is 0 Å². The van der Waals surface area contributed by atoms with Gasteiger partial charge in [0, 0.05) is 0 Å². The summed E-state index contributed by atoms with van der Waals surface area (Å²) in [6.45, 7) is 0. The molecule has 4 rings (SSSR count). The van der Waals surface area contributed by atoms with Crippen LogP contribution in [0.1, 0.15) is 44.9 Å². The lowest BCUT2D eigenvalue weighted by atomic mass is 9.75. The van der Waals surface area contributed by atoms with Crippen LogP contribution in [0.15, 0.2) is 60.7 Å². The molecule has 172 valence electrons. The van der Waals surface area contributed by atoms with E-state index < -0.39 is 24.4 Å². The Morgan fingerprint density at radius 1 is 0.516 bits per heavy atom. The third-order valence-electron chi connectivity index (χ3n) is 5.96. The third-order valence-corrected chi connectivity index (χ3v) is 5.96. The lowest BCUT2D eigenvalue weighted by Crippen LogP contribution is -2.37. The second-order valence-electron chi connectivity index (χ2n) is 8.53. The van der Waals surface area contributed by atoms with Crippen molar-refractivity contribution in [3.05, 3.63) is 60.7 Å². The fourth-order valence-electron chi connectivity index (χ4n) is 4.19. The van der Waals surface area contributed by atoms with Gasteiger partial charge < -0.3 is 30.6 Å². The molecule has 0 bridgehead atoms. The summed E-state index contributed by atoms with van der Waals surface area (Å²) in [5.41, 5.74) is 0. The number of phenols is 2. The molecule has 2 fully saturated rings. The molecule has 0 aromatic heterocycles. The minimum Gasteiger partial charge on any atom is -0.508 e. The summed E-state index contributed by atoms with van der Waals surface area (Å²) in [5, 5.41) is 55.4. The number of aromatic hydroxyl groups is 2. The van der Waals surface area contributed by atoms with Gasteiger partial charge in [-0.15, -0.1) is 0 Å². The van der Waals surface area contributed by atoms with Gasteiger partial charge in [0.1, 0.15) is 11.5 Å². The molecule has 0 saturated heterocycles. The zero-order valence-electron chi connectivity index (χ0n) is 17.9. The van der Waals surface area contributed by atoms with Crippen LogP contribution in [-0.4, -0.2) is 55.1 Å². The predicted octanol–water partition coefficient (Wildman–Crippen LogP) is 3.20. The first-order chi connectivity index (χ1) is 14.8. The van der Waals surface area contributed by atoms with Gasteiger partial charge in [-0.1, -0.05) is 36.4 Å². The zero-order valence-corrected chi connectivity index (χ0v) is 17.9. The molecule has 2 aliphatic carbocycles. The Kier molecular flexibility index (Phi) is 10.8. The molecule has 0 aliphatic heterocycles. The molecule has 6 atom stereocenters. The van der Waals surface area contributed by atoms with E-state index in [1.165, 1.54) is 0 Å². The smallest absolute Gasteiger partial charge is 0.115 e. The Morgan fingerprint density at radius 3 is 1.13 bits per heavy atom. The molecule has 2 aliphatic rings. The normalized spacial score (nSPS) is 30.2. The van der Waals surface area contributed by atoms with Crippen molar-refractivity contribution in [3.63, 3.8) is 0 Å². The first kappa shape index (κ1) is 25.1. The molecular weight excluding hydrogens is 396 g/mol. The number of hydrogen-bond donors (Lipinski definition) is 6. The van der Waals surface area contributed by atoms with Crippen LogP contribution in [0.3, 0.4) is 0 Å². The van der Waals surface area contributed by atoms with Crippen LogP contribution in [-0.2, 0) is 0 Å². The molecule has 2 aromatic rings. The van der Waals surface area contributed by atoms with E-state index in [1.807, 2.05) is 12.1 Å². The summed E-state index contributed by atoms with van der Waals surface area (Å²) in [4.78, 5) is 0. The molecule has 0 heterocycles. The minimum atomic E-state index is -0.576. The number of aliphatic hydroxyl groups excluding tert-OH is 4. The fraction of sp³-hybridized carbons (Fsp3) is 0.520. The number of rotatable bonds is 2. The number of aliphatic hydroxyl groups is 4. The van der Waals surface area contributed by atoms with Crippen molar-refractivity contribution < 1.29 is 30.6 Å². The van der Waals surface area contributed by atoms with Crippen molar-refractivity contribution >= 4 is 0 Å². The first-order valence-corrected chi connectivity index (χ1v) is 11.1. The molecular formula is C25H36O6. The van der Waals surface area contributed by atoms with Crippen LogP contribution in [0.4, 0.5) is 0 Å². The van der Waals surface area contributed by atoms with Gasteiger partial charge in [0.15, 0.2) is 0 Å². The van der Waals surface area contributed by atoms with Gasteiger partial charge in [0.25, 0.3) is 0 Å². The fourth-order valence-corrected chi connectivity index (χ4v) is 4.19. The second kappa shape index (κ2) is 13.3. The average molecular weight is 433 g/mol. The largest absolute Gasteiger partial charge is 0.508 e. The summed E-state index contributed by atoms with van der Waals surface area (Å²) in [6, 6.07) is 17.4. The van der Waals surface area contributed by atoms with Gasteiger partial charge in [-0.05, 0) is 81.0 Å². The Bertz CT molecular complexity index is 649. The van der Waals surface area contributed by atoms with Crippen LogP contribution >= 0.6 is 0 Å². The van der Waals surface area contributed by atoms with Crippen molar-refractivity contribution in [1.82, 2.24) is 0 Å². The number of benzene rings is 2. The molecule has 2 aromatic carbocycles. The van der Waals surface area contributed by atoms with Crippen LogP contribution in [0.5, 0.6) is 11.5 Å². The third kappa shape index (κ3) is 9.70. The maximum absolute atomic E-state index is 9.63. The summed E-state index contributed by atoms with van der Waals surface area (Å²) in [5.74, 6) is 1.56. The zero-order chi connectivity index (χ0) is 22.6. The average Bonchev–Trinajstić information content (AvgIpc) is 2.76. The SMILES string of the molecule is OC1CCC(CC2CCC(O)C(O)C2)CC1O.Oc1ccccc1.Oc1ccccc1. The Labute approximate surface area is 184 Å². The Balaban J connectivity index is 0.000000199.